The summed E-state index contributed by atoms with van der Waals surface area (Å²) in [6.07, 6.45) is 2.88. The highest BCUT2D eigenvalue weighted by Crippen LogP contribution is 2.12. The number of carbonyl (C=O) groups is 2. The van der Waals surface area contributed by atoms with Crippen LogP contribution in [0.25, 0.3) is 6.08 Å². The number of carbonyl (C=O) groups excluding carboxylic acids is 2. The van der Waals surface area contributed by atoms with Crippen molar-refractivity contribution < 1.29 is 9.59 Å². The second-order valence-electron chi connectivity index (χ2n) is 3.95. The van der Waals surface area contributed by atoms with Crippen molar-refractivity contribution in [2.45, 2.75) is 0 Å². The van der Waals surface area contributed by atoms with Gasteiger partial charge in [0, 0.05) is 11.1 Å². The van der Waals surface area contributed by atoms with Crippen LogP contribution in [0.15, 0.2) is 60.7 Å². The molecule has 0 aliphatic heterocycles. The van der Waals surface area contributed by atoms with Gasteiger partial charge in [-0.25, -0.2) is 0 Å². The fourth-order valence-electron chi connectivity index (χ4n) is 1.66. The fraction of sp³-hybridized carbons (Fsp3) is 0. The van der Waals surface area contributed by atoms with Crippen LogP contribution in [0.1, 0.15) is 21.5 Å². The Kier molecular flexibility index (Phi) is 4.26. The molecule has 2 aromatic rings. The van der Waals surface area contributed by atoms with Crippen molar-refractivity contribution >= 4 is 28.7 Å². The van der Waals surface area contributed by atoms with Crippen LogP contribution < -0.4 is 0 Å². The van der Waals surface area contributed by atoms with Crippen LogP contribution in [-0.4, -0.2) is 11.0 Å². The first-order valence-corrected chi connectivity index (χ1v) is 6.12. The molecule has 0 heterocycles. The highest BCUT2D eigenvalue weighted by Gasteiger charge is 2.07. The molecule has 0 radical (unpaired) electrons. The Balaban J connectivity index is 2.19. The molecule has 0 saturated carbocycles. The predicted octanol–water partition coefficient (Wildman–Crippen LogP) is 3.70. The number of rotatable bonds is 4. The van der Waals surface area contributed by atoms with E-state index < -0.39 is 5.24 Å². The second-order valence-corrected chi connectivity index (χ2v) is 4.33. The van der Waals surface area contributed by atoms with E-state index in [1.54, 1.807) is 42.5 Å². The van der Waals surface area contributed by atoms with Gasteiger partial charge in [0.2, 0.25) is 5.24 Å². The van der Waals surface area contributed by atoms with E-state index >= 15 is 0 Å². The van der Waals surface area contributed by atoms with Gasteiger partial charge in [0.1, 0.15) is 0 Å². The predicted molar refractivity (Wildman–Crippen MR) is 76.2 cm³/mol. The summed E-state index contributed by atoms with van der Waals surface area (Å²) in [6.45, 7) is 0. The molecule has 0 N–H and O–H groups in total. The van der Waals surface area contributed by atoms with Gasteiger partial charge in [-0.15, -0.1) is 0 Å². The van der Waals surface area contributed by atoms with Crippen LogP contribution in [0.5, 0.6) is 0 Å². The quantitative estimate of drug-likeness (QED) is 0.482. The third kappa shape index (κ3) is 3.63. The summed E-state index contributed by atoms with van der Waals surface area (Å²) in [7, 11) is 0. The molecule has 0 spiro atoms. The molecule has 0 aliphatic rings. The number of benzene rings is 2. The van der Waals surface area contributed by atoms with E-state index in [9.17, 15) is 9.59 Å². The molecule has 94 valence electrons. The Morgan fingerprint density at radius 1 is 0.842 bits per heavy atom. The molecule has 0 unspecified atom stereocenters. The monoisotopic (exact) mass is 270 g/mol. The van der Waals surface area contributed by atoms with Gasteiger partial charge in [-0.3, -0.25) is 9.59 Å². The van der Waals surface area contributed by atoms with Crippen molar-refractivity contribution in [1.82, 2.24) is 0 Å². The van der Waals surface area contributed by atoms with E-state index in [2.05, 4.69) is 0 Å². The topological polar surface area (TPSA) is 34.1 Å². The molecule has 0 fully saturated rings. The first-order valence-electron chi connectivity index (χ1n) is 5.74. The van der Waals surface area contributed by atoms with Crippen molar-refractivity contribution in [3.05, 3.63) is 77.4 Å². The van der Waals surface area contributed by atoms with Crippen molar-refractivity contribution in [2.75, 3.05) is 0 Å². The standard InChI is InChI=1S/C16H11ClO2/c17-15(18)11-8-12-6-9-14(10-7-12)16(19)13-4-2-1-3-5-13/h1-11H. The van der Waals surface area contributed by atoms with Gasteiger partial charge in [-0.05, 0) is 23.2 Å². The zero-order valence-electron chi connectivity index (χ0n) is 10.0. The number of ketones is 1. The highest BCUT2D eigenvalue weighted by molar-refractivity contribution is 6.66. The van der Waals surface area contributed by atoms with Crippen LogP contribution in [0, 0.1) is 0 Å². The van der Waals surface area contributed by atoms with E-state index in [1.165, 1.54) is 6.08 Å². The summed E-state index contributed by atoms with van der Waals surface area (Å²) in [5.41, 5.74) is 2.08. The lowest BCUT2D eigenvalue weighted by Crippen LogP contribution is -2.00. The lowest BCUT2D eigenvalue weighted by atomic mass is 10.0. The lowest BCUT2D eigenvalue weighted by molar-refractivity contribution is -0.107. The molecule has 2 nitrogen and oxygen atoms in total. The SMILES string of the molecule is O=C(Cl)C=Cc1ccc(C(=O)c2ccccc2)cc1. The van der Waals surface area contributed by atoms with Crippen LogP contribution >= 0.6 is 11.6 Å². The Bertz CT molecular complexity index is 613. The zero-order chi connectivity index (χ0) is 13.7. The molecule has 0 aromatic heterocycles. The normalized spacial score (nSPS) is 10.6. The van der Waals surface area contributed by atoms with Crippen LogP contribution in [-0.2, 0) is 4.79 Å². The minimum absolute atomic E-state index is 0.0236. The van der Waals surface area contributed by atoms with Crippen molar-refractivity contribution in [3.63, 3.8) is 0 Å². The largest absolute Gasteiger partial charge is 0.289 e. The highest BCUT2D eigenvalue weighted by atomic mass is 35.5. The molecule has 0 bridgehead atoms. The summed E-state index contributed by atoms with van der Waals surface area (Å²) in [5.74, 6) is -0.0236. The van der Waals surface area contributed by atoms with E-state index in [1.807, 2.05) is 18.2 Å². The van der Waals surface area contributed by atoms with E-state index in [4.69, 9.17) is 11.6 Å². The van der Waals surface area contributed by atoms with Gasteiger partial charge >= 0.3 is 0 Å². The molecule has 0 amide bonds. The minimum atomic E-state index is -0.524. The fourth-order valence-corrected chi connectivity index (χ4v) is 1.73. The van der Waals surface area contributed by atoms with Crippen LogP contribution in [0.4, 0.5) is 0 Å². The molecule has 2 rings (SSSR count). The van der Waals surface area contributed by atoms with E-state index in [0.717, 1.165) is 5.56 Å². The molecule has 0 aliphatic carbocycles. The van der Waals surface area contributed by atoms with Crippen LogP contribution in [0.2, 0.25) is 0 Å². The lowest BCUT2D eigenvalue weighted by Gasteiger charge is -2.01. The summed E-state index contributed by atoms with van der Waals surface area (Å²) in [6, 6.07) is 16.1. The Morgan fingerprint density at radius 3 is 2.00 bits per heavy atom. The number of halogens is 1. The Morgan fingerprint density at radius 2 is 1.42 bits per heavy atom. The number of allylic oxidation sites excluding steroid dienone is 1. The van der Waals surface area contributed by atoms with Crippen molar-refractivity contribution in [2.24, 2.45) is 0 Å². The van der Waals surface area contributed by atoms with E-state index in [-0.39, 0.29) is 5.78 Å². The Hall–Kier alpha value is -2.19. The van der Waals surface area contributed by atoms with Gasteiger partial charge in [0.25, 0.3) is 0 Å². The van der Waals surface area contributed by atoms with E-state index in [0.29, 0.717) is 11.1 Å². The molecular weight excluding hydrogens is 260 g/mol. The maximum atomic E-state index is 12.1. The second kappa shape index (κ2) is 6.12. The number of hydrogen-bond donors (Lipinski definition) is 0. The summed E-state index contributed by atoms with van der Waals surface area (Å²) >= 11 is 5.21. The molecule has 19 heavy (non-hydrogen) atoms. The first kappa shape index (κ1) is 13.2. The summed E-state index contributed by atoms with van der Waals surface area (Å²) in [5, 5.41) is -0.524. The molecular formula is C16H11ClO2. The zero-order valence-corrected chi connectivity index (χ0v) is 10.8. The van der Waals surface area contributed by atoms with Crippen molar-refractivity contribution in [1.29, 1.82) is 0 Å². The third-order valence-corrected chi connectivity index (χ3v) is 2.74. The molecule has 2 aromatic carbocycles. The van der Waals surface area contributed by atoms with Crippen molar-refractivity contribution in [3.8, 4) is 0 Å². The van der Waals surface area contributed by atoms with Gasteiger partial charge in [-0.1, -0.05) is 60.7 Å². The third-order valence-electron chi connectivity index (χ3n) is 2.62. The first-order chi connectivity index (χ1) is 9.16. The summed E-state index contributed by atoms with van der Waals surface area (Å²) < 4.78 is 0. The van der Waals surface area contributed by atoms with Crippen LogP contribution in [0.3, 0.4) is 0 Å². The maximum absolute atomic E-state index is 12.1. The average molecular weight is 271 g/mol. The molecule has 0 saturated heterocycles. The average Bonchev–Trinajstić information content (AvgIpc) is 2.46. The van der Waals surface area contributed by atoms with Gasteiger partial charge in [0.05, 0.1) is 0 Å². The minimum Gasteiger partial charge on any atom is -0.289 e. The van der Waals surface area contributed by atoms with Gasteiger partial charge < -0.3 is 0 Å². The van der Waals surface area contributed by atoms with Gasteiger partial charge in [0.15, 0.2) is 5.78 Å². The Labute approximate surface area is 116 Å². The number of hydrogen-bond acceptors (Lipinski definition) is 2. The maximum Gasteiger partial charge on any atom is 0.245 e. The molecule has 3 heteroatoms. The molecule has 0 atom stereocenters. The smallest absolute Gasteiger partial charge is 0.245 e. The summed E-state index contributed by atoms with van der Waals surface area (Å²) in [4.78, 5) is 22.7. The van der Waals surface area contributed by atoms with Gasteiger partial charge in [-0.2, -0.15) is 0 Å².